The summed E-state index contributed by atoms with van der Waals surface area (Å²) in [6.45, 7) is 0. The average molecular weight is 250 g/mol. The van der Waals surface area contributed by atoms with Gasteiger partial charge in [-0.2, -0.15) is 0 Å². The van der Waals surface area contributed by atoms with E-state index in [1.165, 1.54) is 18.3 Å². The van der Waals surface area contributed by atoms with Crippen molar-refractivity contribution in [1.29, 1.82) is 0 Å². The van der Waals surface area contributed by atoms with Gasteiger partial charge in [-0.25, -0.2) is 4.98 Å². The van der Waals surface area contributed by atoms with Gasteiger partial charge in [-0.1, -0.05) is 0 Å². The van der Waals surface area contributed by atoms with Crippen LogP contribution in [0.15, 0.2) is 18.3 Å². The monoisotopic (exact) mass is 250 g/mol. The van der Waals surface area contributed by atoms with Crippen molar-refractivity contribution in [2.75, 3.05) is 0 Å². The first-order valence-corrected chi connectivity index (χ1v) is 5.75. The Labute approximate surface area is 104 Å². The van der Waals surface area contributed by atoms with E-state index in [4.69, 9.17) is 5.11 Å². The van der Waals surface area contributed by atoms with Gasteiger partial charge in [0.1, 0.15) is 5.75 Å². The number of aromatic hydroxyl groups is 1. The van der Waals surface area contributed by atoms with Gasteiger partial charge in [-0.05, 0) is 31.4 Å². The summed E-state index contributed by atoms with van der Waals surface area (Å²) in [5, 5.41) is 21.0. The maximum Gasteiger partial charge on any atom is 0.306 e. The molecule has 0 saturated heterocycles. The van der Waals surface area contributed by atoms with Gasteiger partial charge in [0, 0.05) is 12.2 Å². The predicted octanol–water partition coefficient (Wildman–Crippen LogP) is 0.770. The van der Waals surface area contributed by atoms with Crippen LogP contribution in [0.2, 0.25) is 0 Å². The zero-order valence-corrected chi connectivity index (χ0v) is 9.67. The molecule has 0 spiro atoms. The van der Waals surface area contributed by atoms with E-state index in [0.717, 1.165) is 0 Å². The molecule has 1 amide bonds. The number of rotatable bonds is 3. The second-order valence-corrected chi connectivity index (χ2v) is 4.39. The molecule has 6 heteroatoms. The van der Waals surface area contributed by atoms with Crippen molar-refractivity contribution in [3.8, 4) is 5.75 Å². The molecule has 0 aliphatic heterocycles. The normalized spacial score (nSPS) is 22.7. The standard InChI is InChI=1S/C12H14N2O4/c15-9-2-1-5-13-10(9)11(16)14-8-4-3-7(6-8)12(17)18/h1-2,5,7-8,15H,3-4,6H2,(H,14,16)(H,17,18)/t7-,8+/m1/s1. The summed E-state index contributed by atoms with van der Waals surface area (Å²) in [5.41, 5.74) is -0.0312. The van der Waals surface area contributed by atoms with Gasteiger partial charge in [0.15, 0.2) is 5.69 Å². The van der Waals surface area contributed by atoms with Gasteiger partial charge < -0.3 is 15.5 Å². The molecule has 0 radical (unpaired) electrons. The molecule has 1 fully saturated rings. The van der Waals surface area contributed by atoms with Crippen molar-refractivity contribution < 1.29 is 19.8 Å². The van der Waals surface area contributed by atoms with Crippen LogP contribution in [0, 0.1) is 5.92 Å². The highest BCUT2D eigenvalue weighted by atomic mass is 16.4. The number of amides is 1. The van der Waals surface area contributed by atoms with Gasteiger partial charge in [-0.3, -0.25) is 9.59 Å². The first kappa shape index (κ1) is 12.3. The summed E-state index contributed by atoms with van der Waals surface area (Å²) in [4.78, 5) is 26.4. The van der Waals surface area contributed by atoms with Gasteiger partial charge in [0.25, 0.3) is 5.91 Å². The van der Waals surface area contributed by atoms with Crippen molar-refractivity contribution >= 4 is 11.9 Å². The van der Waals surface area contributed by atoms with Gasteiger partial charge in [0.2, 0.25) is 0 Å². The number of pyridine rings is 1. The molecule has 18 heavy (non-hydrogen) atoms. The quantitative estimate of drug-likeness (QED) is 0.735. The van der Waals surface area contributed by atoms with Crippen LogP contribution in [0.3, 0.4) is 0 Å². The molecule has 1 aliphatic rings. The molecule has 6 nitrogen and oxygen atoms in total. The Balaban J connectivity index is 1.97. The third kappa shape index (κ3) is 2.58. The maximum atomic E-state index is 11.8. The summed E-state index contributed by atoms with van der Waals surface area (Å²) in [5.74, 6) is -1.87. The van der Waals surface area contributed by atoms with Crippen LogP contribution in [0.4, 0.5) is 0 Å². The Kier molecular flexibility index (Phi) is 3.45. The molecule has 1 aromatic rings. The Bertz CT molecular complexity index is 475. The zero-order chi connectivity index (χ0) is 13.1. The SMILES string of the molecule is O=C(N[C@H]1CC[C@@H](C(=O)O)C1)c1ncccc1O. The number of carbonyl (C=O) groups excluding carboxylic acids is 1. The van der Waals surface area contributed by atoms with Crippen molar-refractivity contribution in [1.82, 2.24) is 10.3 Å². The molecule has 2 atom stereocenters. The molecule has 0 unspecified atom stereocenters. The minimum absolute atomic E-state index is 0.0312. The van der Waals surface area contributed by atoms with Crippen LogP contribution in [-0.2, 0) is 4.79 Å². The number of nitrogens with zero attached hydrogens (tertiary/aromatic N) is 1. The number of carbonyl (C=O) groups is 2. The predicted molar refractivity (Wildman–Crippen MR) is 62.1 cm³/mol. The molecule has 2 rings (SSSR count). The molecular weight excluding hydrogens is 236 g/mol. The number of hydrogen-bond acceptors (Lipinski definition) is 4. The number of aliphatic carboxylic acids is 1. The third-order valence-electron chi connectivity index (χ3n) is 3.12. The van der Waals surface area contributed by atoms with Crippen molar-refractivity contribution in [3.63, 3.8) is 0 Å². The highest BCUT2D eigenvalue weighted by Gasteiger charge is 2.31. The van der Waals surface area contributed by atoms with Gasteiger partial charge in [0.05, 0.1) is 5.92 Å². The van der Waals surface area contributed by atoms with E-state index in [1.54, 1.807) is 0 Å². The first-order chi connectivity index (χ1) is 8.58. The smallest absolute Gasteiger partial charge is 0.306 e. The molecular formula is C12H14N2O4. The topological polar surface area (TPSA) is 99.5 Å². The summed E-state index contributed by atoms with van der Waals surface area (Å²) in [7, 11) is 0. The summed E-state index contributed by atoms with van der Waals surface area (Å²) < 4.78 is 0. The highest BCUT2D eigenvalue weighted by molar-refractivity contribution is 5.95. The lowest BCUT2D eigenvalue weighted by Crippen LogP contribution is -2.33. The Morgan fingerprint density at radius 1 is 1.39 bits per heavy atom. The largest absolute Gasteiger partial charge is 0.505 e. The van der Waals surface area contributed by atoms with Crippen LogP contribution in [0.5, 0.6) is 5.75 Å². The molecule has 1 aromatic heterocycles. The molecule has 3 N–H and O–H groups in total. The van der Waals surface area contributed by atoms with E-state index >= 15 is 0 Å². The van der Waals surface area contributed by atoms with E-state index in [1.807, 2.05) is 0 Å². The number of carboxylic acids is 1. The first-order valence-electron chi connectivity index (χ1n) is 5.75. The fourth-order valence-corrected chi connectivity index (χ4v) is 2.16. The van der Waals surface area contributed by atoms with E-state index in [2.05, 4.69) is 10.3 Å². The third-order valence-corrected chi connectivity index (χ3v) is 3.12. The fourth-order valence-electron chi connectivity index (χ4n) is 2.16. The molecule has 1 saturated carbocycles. The maximum absolute atomic E-state index is 11.8. The van der Waals surface area contributed by atoms with E-state index < -0.39 is 17.8 Å². The van der Waals surface area contributed by atoms with E-state index in [-0.39, 0.29) is 17.5 Å². The van der Waals surface area contributed by atoms with Crippen LogP contribution < -0.4 is 5.32 Å². The van der Waals surface area contributed by atoms with E-state index in [0.29, 0.717) is 19.3 Å². The lowest BCUT2D eigenvalue weighted by Gasteiger charge is -2.12. The molecule has 96 valence electrons. The highest BCUT2D eigenvalue weighted by Crippen LogP contribution is 2.26. The number of hydrogen-bond donors (Lipinski definition) is 3. The lowest BCUT2D eigenvalue weighted by molar-refractivity contribution is -0.141. The summed E-state index contributed by atoms with van der Waals surface area (Å²) >= 11 is 0. The van der Waals surface area contributed by atoms with Crippen LogP contribution in [0.25, 0.3) is 0 Å². The Morgan fingerprint density at radius 2 is 2.17 bits per heavy atom. The zero-order valence-electron chi connectivity index (χ0n) is 9.67. The average Bonchev–Trinajstić information content (AvgIpc) is 2.78. The molecule has 1 heterocycles. The second kappa shape index (κ2) is 5.03. The fraction of sp³-hybridized carbons (Fsp3) is 0.417. The Hall–Kier alpha value is -2.11. The number of aromatic nitrogens is 1. The van der Waals surface area contributed by atoms with Crippen LogP contribution >= 0.6 is 0 Å². The van der Waals surface area contributed by atoms with Gasteiger partial charge in [-0.15, -0.1) is 0 Å². The Morgan fingerprint density at radius 3 is 2.78 bits per heavy atom. The summed E-state index contributed by atoms with van der Waals surface area (Å²) in [6.07, 6.45) is 3.04. The molecule has 0 bridgehead atoms. The second-order valence-electron chi connectivity index (χ2n) is 4.39. The number of carboxylic acid groups (broad SMARTS) is 1. The van der Waals surface area contributed by atoms with E-state index in [9.17, 15) is 14.7 Å². The van der Waals surface area contributed by atoms with Gasteiger partial charge >= 0.3 is 5.97 Å². The minimum atomic E-state index is -0.826. The van der Waals surface area contributed by atoms with Crippen molar-refractivity contribution in [2.45, 2.75) is 25.3 Å². The minimum Gasteiger partial charge on any atom is -0.505 e. The van der Waals surface area contributed by atoms with Crippen molar-refractivity contribution in [2.24, 2.45) is 5.92 Å². The molecule has 1 aliphatic carbocycles. The van der Waals surface area contributed by atoms with Crippen LogP contribution in [0.1, 0.15) is 29.8 Å². The summed E-state index contributed by atoms with van der Waals surface area (Å²) in [6, 6.07) is 2.75. The molecule has 0 aromatic carbocycles. The van der Waals surface area contributed by atoms with Crippen LogP contribution in [-0.4, -0.2) is 33.1 Å². The van der Waals surface area contributed by atoms with Crippen molar-refractivity contribution in [3.05, 3.63) is 24.0 Å². The lowest BCUT2D eigenvalue weighted by atomic mass is 10.1. The number of nitrogens with one attached hydrogen (secondary N) is 1.